The Morgan fingerprint density at radius 3 is 2.57 bits per heavy atom. The van der Waals surface area contributed by atoms with Crippen molar-refractivity contribution in [3.05, 3.63) is 53.3 Å². The first-order chi connectivity index (χ1) is 12.1. The van der Waals surface area contributed by atoms with Crippen molar-refractivity contribution >= 4 is 54.2 Å². The Morgan fingerprint density at radius 2 is 1.93 bits per heavy atom. The average molecular weight is 448 g/mol. The van der Waals surface area contributed by atoms with Gasteiger partial charge in [0.1, 0.15) is 17.2 Å². The summed E-state index contributed by atoms with van der Waals surface area (Å²) in [6, 6.07) is 10.6. The van der Waals surface area contributed by atoms with Crippen LogP contribution >= 0.6 is 37.2 Å². The molecule has 1 aliphatic rings. The molecule has 28 heavy (non-hydrogen) atoms. The Labute approximate surface area is 180 Å². The van der Waals surface area contributed by atoms with Crippen molar-refractivity contribution in [1.82, 2.24) is 15.3 Å². The Balaban J connectivity index is 0.00000131. The predicted octanol–water partition coefficient (Wildman–Crippen LogP) is 4.55. The second-order valence-corrected chi connectivity index (χ2v) is 6.39. The number of carbonyl (C=O) groups excluding carboxylic acids is 1. The van der Waals surface area contributed by atoms with Gasteiger partial charge in [-0.05, 0) is 49.2 Å². The fraction of sp³-hybridized carbons (Fsp3) is 0.263. The van der Waals surface area contributed by atoms with E-state index in [1.165, 1.54) is 0 Å². The fourth-order valence-electron chi connectivity index (χ4n) is 3.44. The maximum Gasteiger partial charge on any atom is 0.250 e. The van der Waals surface area contributed by atoms with Crippen LogP contribution in [-0.4, -0.2) is 22.4 Å². The lowest BCUT2D eigenvalue weighted by Crippen LogP contribution is -2.26. The van der Waals surface area contributed by atoms with Crippen molar-refractivity contribution in [2.75, 3.05) is 6.54 Å². The van der Waals surface area contributed by atoms with E-state index in [4.69, 9.17) is 5.73 Å². The monoisotopic (exact) mass is 446 g/mol. The quantitative estimate of drug-likeness (QED) is 0.551. The summed E-state index contributed by atoms with van der Waals surface area (Å²) in [4.78, 5) is 19.0. The van der Waals surface area contributed by atoms with Crippen molar-refractivity contribution < 1.29 is 9.18 Å². The number of nitrogens with one attached hydrogen (secondary N) is 2. The van der Waals surface area contributed by atoms with Gasteiger partial charge in [0.25, 0.3) is 5.91 Å². The number of carbonyl (C=O) groups is 1. The van der Waals surface area contributed by atoms with Crippen LogP contribution in [-0.2, 0) is 0 Å². The smallest absolute Gasteiger partial charge is 0.250 e. The largest absolute Gasteiger partial charge is 0.366 e. The number of aromatic nitrogens is 2. The van der Waals surface area contributed by atoms with Crippen molar-refractivity contribution in [2.45, 2.75) is 25.3 Å². The maximum absolute atomic E-state index is 14.7. The zero-order valence-corrected chi connectivity index (χ0v) is 17.4. The van der Waals surface area contributed by atoms with E-state index in [1.54, 1.807) is 30.3 Å². The molecule has 1 amide bonds. The highest BCUT2D eigenvalue weighted by atomic mass is 35.5. The number of imidazole rings is 1. The number of para-hydroxylation sites is 1. The number of hydrogen-bond donors (Lipinski definition) is 3. The summed E-state index contributed by atoms with van der Waals surface area (Å²) in [5.41, 5.74) is 8.16. The van der Waals surface area contributed by atoms with Crippen molar-refractivity contribution in [3.63, 3.8) is 0 Å². The SMILES string of the molecule is Cl.Cl.Cl.NC(=O)c1cccc2[nH]c(-c3ccc([C@H]4CCCCN4)cc3F)nc12. The highest BCUT2D eigenvalue weighted by molar-refractivity contribution is 6.04. The third kappa shape index (κ3) is 4.58. The topological polar surface area (TPSA) is 83.8 Å². The molecule has 0 unspecified atom stereocenters. The molecule has 1 fully saturated rings. The number of halogens is 4. The lowest BCUT2D eigenvalue weighted by atomic mass is 9.96. The molecule has 1 aliphatic heterocycles. The van der Waals surface area contributed by atoms with E-state index < -0.39 is 5.91 Å². The van der Waals surface area contributed by atoms with Crippen LogP contribution in [0.25, 0.3) is 22.4 Å². The van der Waals surface area contributed by atoms with Crippen LogP contribution in [0.2, 0.25) is 0 Å². The van der Waals surface area contributed by atoms with Crippen LogP contribution in [0.3, 0.4) is 0 Å². The molecular weight excluding hydrogens is 426 g/mol. The van der Waals surface area contributed by atoms with E-state index in [2.05, 4.69) is 15.3 Å². The molecule has 0 bridgehead atoms. The number of primary amides is 1. The predicted molar refractivity (Wildman–Crippen MR) is 116 cm³/mol. The van der Waals surface area contributed by atoms with E-state index in [0.717, 1.165) is 31.4 Å². The number of H-pyrrole nitrogens is 1. The van der Waals surface area contributed by atoms with E-state index in [-0.39, 0.29) is 49.1 Å². The molecule has 4 N–H and O–H groups in total. The average Bonchev–Trinajstić information content (AvgIpc) is 3.06. The minimum Gasteiger partial charge on any atom is -0.366 e. The molecule has 152 valence electrons. The molecular formula is C19H22Cl3FN4O. The van der Waals surface area contributed by atoms with Crippen molar-refractivity contribution in [3.8, 4) is 11.4 Å². The van der Waals surface area contributed by atoms with Crippen LogP contribution in [0, 0.1) is 5.82 Å². The van der Waals surface area contributed by atoms with Crippen LogP contribution in [0.1, 0.15) is 41.2 Å². The number of nitrogens with two attached hydrogens (primary N) is 1. The van der Waals surface area contributed by atoms with Gasteiger partial charge in [0, 0.05) is 6.04 Å². The molecule has 9 heteroatoms. The minimum atomic E-state index is -0.553. The van der Waals surface area contributed by atoms with Crippen LogP contribution < -0.4 is 11.1 Å². The second kappa shape index (κ2) is 10.1. The van der Waals surface area contributed by atoms with Gasteiger partial charge in [-0.3, -0.25) is 4.79 Å². The van der Waals surface area contributed by atoms with E-state index in [0.29, 0.717) is 28.0 Å². The number of rotatable bonds is 3. The molecule has 3 aromatic rings. The summed E-state index contributed by atoms with van der Waals surface area (Å²) < 4.78 is 14.7. The van der Waals surface area contributed by atoms with Gasteiger partial charge >= 0.3 is 0 Å². The van der Waals surface area contributed by atoms with Crippen LogP contribution in [0.15, 0.2) is 36.4 Å². The molecule has 5 nitrogen and oxygen atoms in total. The molecule has 0 radical (unpaired) electrons. The Hall–Kier alpha value is -1.86. The van der Waals surface area contributed by atoms with Gasteiger partial charge in [0.05, 0.1) is 16.6 Å². The molecule has 0 spiro atoms. The Bertz CT molecular complexity index is 958. The number of piperidine rings is 1. The second-order valence-electron chi connectivity index (χ2n) is 6.39. The summed E-state index contributed by atoms with van der Waals surface area (Å²) >= 11 is 0. The minimum absolute atomic E-state index is 0. The molecule has 1 atom stereocenters. The number of amides is 1. The van der Waals surface area contributed by atoms with Gasteiger partial charge in [-0.2, -0.15) is 0 Å². The standard InChI is InChI=1S/C19H19FN4O.3ClH/c20-14-10-11(15-5-1-2-9-22-15)7-8-12(14)19-23-16-6-3-4-13(18(21)25)17(16)24-19;;;/h3-4,6-8,10,15,22H,1-2,5,9H2,(H2,21,25)(H,23,24);3*1H/t15-;;;/m1.../s1. The van der Waals surface area contributed by atoms with E-state index in [1.807, 2.05) is 6.07 Å². The molecule has 1 saturated heterocycles. The first kappa shape index (κ1) is 24.2. The first-order valence-corrected chi connectivity index (χ1v) is 8.45. The third-order valence-corrected chi connectivity index (χ3v) is 4.74. The van der Waals surface area contributed by atoms with Crippen LogP contribution in [0.5, 0.6) is 0 Å². The number of aromatic amines is 1. The molecule has 2 aromatic carbocycles. The zero-order valence-electron chi connectivity index (χ0n) is 14.9. The number of nitrogens with zero attached hydrogens (tertiary/aromatic N) is 1. The van der Waals surface area contributed by atoms with Crippen molar-refractivity contribution in [2.24, 2.45) is 5.73 Å². The van der Waals surface area contributed by atoms with Crippen LogP contribution in [0.4, 0.5) is 4.39 Å². The molecule has 1 aromatic heterocycles. The summed E-state index contributed by atoms with van der Waals surface area (Å²) in [5, 5.41) is 3.42. The molecule has 2 heterocycles. The summed E-state index contributed by atoms with van der Waals surface area (Å²) in [6.45, 7) is 0.966. The lowest BCUT2D eigenvalue weighted by Gasteiger charge is -2.24. The van der Waals surface area contributed by atoms with Gasteiger partial charge in [0.2, 0.25) is 0 Å². The molecule has 0 saturated carbocycles. The third-order valence-electron chi connectivity index (χ3n) is 4.74. The number of fused-ring (bicyclic) bond motifs is 1. The van der Waals surface area contributed by atoms with Gasteiger partial charge in [0.15, 0.2) is 0 Å². The van der Waals surface area contributed by atoms with E-state index in [9.17, 15) is 9.18 Å². The normalized spacial score (nSPS) is 15.8. The van der Waals surface area contributed by atoms with Gasteiger partial charge < -0.3 is 16.0 Å². The van der Waals surface area contributed by atoms with Gasteiger partial charge in [-0.1, -0.05) is 18.6 Å². The summed E-state index contributed by atoms with van der Waals surface area (Å²) in [7, 11) is 0. The lowest BCUT2D eigenvalue weighted by molar-refractivity contribution is 0.100. The maximum atomic E-state index is 14.7. The molecule has 0 aliphatic carbocycles. The zero-order chi connectivity index (χ0) is 17.4. The number of benzene rings is 2. The fourth-order valence-corrected chi connectivity index (χ4v) is 3.44. The Morgan fingerprint density at radius 1 is 1.14 bits per heavy atom. The number of hydrogen-bond acceptors (Lipinski definition) is 3. The van der Waals surface area contributed by atoms with Crippen molar-refractivity contribution in [1.29, 1.82) is 0 Å². The summed E-state index contributed by atoms with van der Waals surface area (Å²) in [6.07, 6.45) is 3.34. The summed E-state index contributed by atoms with van der Waals surface area (Å²) in [5.74, 6) is -0.489. The van der Waals surface area contributed by atoms with Gasteiger partial charge in [-0.25, -0.2) is 9.37 Å². The molecule has 4 rings (SSSR count). The highest BCUT2D eigenvalue weighted by Gasteiger charge is 2.18. The van der Waals surface area contributed by atoms with E-state index >= 15 is 0 Å². The first-order valence-electron chi connectivity index (χ1n) is 8.45. The Kier molecular flexibility index (Phi) is 8.70. The highest BCUT2D eigenvalue weighted by Crippen LogP contribution is 2.29. The van der Waals surface area contributed by atoms with Gasteiger partial charge in [-0.15, -0.1) is 37.2 Å².